The van der Waals surface area contributed by atoms with Crippen molar-refractivity contribution >= 4 is 52.7 Å². The van der Waals surface area contributed by atoms with E-state index in [2.05, 4.69) is 6.92 Å². The summed E-state index contributed by atoms with van der Waals surface area (Å²) in [5.74, 6) is 1.29. The van der Waals surface area contributed by atoms with Crippen LogP contribution in [0.4, 0.5) is 10.5 Å². The first-order valence-electron chi connectivity index (χ1n) is 15.6. The lowest BCUT2D eigenvalue weighted by Crippen LogP contribution is -2.28. The van der Waals surface area contributed by atoms with Gasteiger partial charge in [-0.2, -0.15) is 0 Å². The molecule has 0 saturated carbocycles. The van der Waals surface area contributed by atoms with Gasteiger partial charge in [0.2, 0.25) is 0 Å². The average Bonchev–Trinajstić information content (AvgIpc) is 3.22. The standard InChI is InChI=1S/C11H19NOS.C10H14NO5PS.C9H17NOS/c1-2-3-4-5-6-7-9-12-11(13)8-10-14-12;1-3-14-17(18,15-4-2)16-10-7-5-9(6-8-10)11(12)13;1-2-12-9(11)10-7-5-3-4-6-8-10/h8,10H,2-7,9H2,1H3;5-8H,3-4H2,1-2H3;2-8H2,1H3. The van der Waals surface area contributed by atoms with Crippen LogP contribution in [0.25, 0.3) is 0 Å². The number of rotatable bonds is 15. The number of aryl methyl sites for hydroxylation is 1. The van der Waals surface area contributed by atoms with Crippen molar-refractivity contribution in [3.63, 3.8) is 0 Å². The van der Waals surface area contributed by atoms with E-state index < -0.39 is 11.6 Å². The molecule has 3 rings (SSSR count). The van der Waals surface area contributed by atoms with Gasteiger partial charge in [0, 0.05) is 55.0 Å². The molecular formula is C30H50N3O7PS3. The highest BCUT2D eigenvalue weighted by molar-refractivity contribution is 8.13. The van der Waals surface area contributed by atoms with E-state index in [9.17, 15) is 19.7 Å². The lowest BCUT2D eigenvalue weighted by molar-refractivity contribution is -0.384. The van der Waals surface area contributed by atoms with Crippen molar-refractivity contribution in [3.05, 3.63) is 56.2 Å². The first-order chi connectivity index (χ1) is 21.2. The van der Waals surface area contributed by atoms with E-state index in [0.717, 1.165) is 31.8 Å². The quantitative estimate of drug-likeness (QED) is 0.0780. The van der Waals surface area contributed by atoms with E-state index >= 15 is 0 Å². The van der Waals surface area contributed by atoms with Crippen LogP contribution in [0, 0.1) is 10.1 Å². The molecule has 1 aromatic carbocycles. The van der Waals surface area contributed by atoms with Crippen molar-refractivity contribution in [1.29, 1.82) is 0 Å². The predicted octanol–water partition coefficient (Wildman–Crippen LogP) is 9.28. The molecule has 44 heavy (non-hydrogen) atoms. The summed E-state index contributed by atoms with van der Waals surface area (Å²) >= 11 is 8.13. The smallest absolute Gasteiger partial charge is 0.380 e. The zero-order chi connectivity index (χ0) is 32.6. The second-order valence-electron chi connectivity index (χ2n) is 9.84. The first kappa shape index (κ1) is 40.3. The Labute approximate surface area is 276 Å². The second kappa shape index (κ2) is 24.5. The molecule has 14 heteroatoms. The molecule has 2 heterocycles. The predicted molar refractivity (Wildman–Crippen MR) is 187 cm³/mol. The number of carbonyl (C=O) groups excluding carboxylic acids is 1. The number of nitro benzene ring substituents is 1. The zero-order valence-electron chi connectivity index (χ0n) is 26.6. The van der Waals surface area contributed by atoms with Crippen LogP contribution >= 0.6 is 30.0 Å². The summed E-state index contributed by atoms with van der Waals surface area (Å²) in [5, 5.41) is 12.6. The molecule has 10 nitrogen and oxygen atoms in total. The lowest BCUT2D eigenvalue weighted by Gasteiger charge is -2.20. The van der Waals surface area contributed by atoms with Gasteiger partial charge in [-0.25, -0.2) is 0 Å². The molecule has 0 atom stereocenters. The molecule has 1 fully saturated rings. The number of unbranched alkanes of at least 4 members (excludes halogenated alkanes) is 5. The van der Waals surface area contributed by atoms with Gasteiger partial charge in [0.05, 0.1) is 18.1 Å². The Balaban J connectivity index is 0.000000337. The number of carbonyl (C=O) groups is 1. The summed E-state index contributed by atoms with van der Waals surface area (Å²) < 4.78 is 17.9. The maximum atomic E-state index is 11.4. The van der Waals surface area contributed by atoms with E-state index in [4.69, 9.17) is 25.4 Å². The fourth-order valence-corrected chi connectivity index (χ4v) is 7.55. The summed E-state index contributed by atoms with van der Waals surface area (Å²) in [4.78, 5) is 34.6. The Kier molecular flexibility index (Phi) is 22.4. The number of non-ortho nitro benzene ring substituents is 1. The van der Waals surface area contributed by atoms with Gasteiger partial charge in [0.25, 0.3) is 16.5 Å². The van der Waals surface area contributed by atoms with Crippen molar-refractivity contribution in [3.8, 4) is 5.75 Å². The Bertz CT molecular complexity index is 1140. The minimum atomic E-state index is -2.82. The Morgan fingerprint density at radius 2 is 1.55 bits per heavy atom. The van der Waals surface area contributed by atoms with Crippen LogP contribution in [-0.2, 0) is 27.4 Å². The average molecular weight is 692 g/mol. The van der Waals surface area contributed by atoms with Gasteiger partial charge in [-0.15, -0.1) is 0 Å². The lowest BCUT2D eigenvalue weighted by atomic mass is 10.1. The van der Waals surface area contributed by atoms with Crippen LogP contribution in [-0.4, -0.2) is 51.1 Å². The summed E-state index contributed by atoms with van der Waals surface area (Å²) in [5.41, 5.74) is 0.145. The maximum absolute atomic E-state index is 11.4. The normalized spacial score (nSPS) is 13.1. The number of nitro groups is 1. The number of likely N-dealkylation sites (tertiary alicyclic amines) is 1. The SMILES string of the molecule is CCCCCCCCn1sccc1=O.CCOP(=S)(OCC)Oc1ccc([N+](=O)[O-])cc1.CCSC(=O)N1CCCCCC1. The van der Waals surface area contributed by atoms with Gasteiger partial charge in [0.1, 0.15) is 5.75 Å². The molecular weight excluding hydrogens is 642 g/mol. The van der Waals surface area contributed by atoms with E-state index in [1.165, 1.54) is 105 Å². The molecule has 0 aliphatic carbocycles. The van der Waals surface area contributed by atoms with Crippen LogP contribution < -0.4 is 10.1 Å². The largest absolute Gasteiger partial charge is 0.424 e. The molecule has 0 bridgehead atoms. The van der Waals surface area contributed by atoms with E-state index in [1.54, 1.807) is 19.9 Å². The van der Waals surface area contributed by atoms with Gasteiger partial charge >= 0.3 is 6.72 Å². The van der Waals surface area contributed by atoms with Crippen molar-refractivity contribution < 1.29 is 23.3 Å². The van der Waals surface area contributed by atoms with Gasteiger partial charge < -0.3 is 9.42 Å². The number of hydrogen-bond acceptors (Lipinski definition) is 10. The van der Waals surface area contributed by atoms with Crippen LogP contribution in [0.15, 0.2) is 40.5 Å². The molecule has 1 aromatic heterocycles. The van der Waals surface area contributed by atoms with Crippen LogP contribution in [0.2, 0.25) is 0 Å². The van der Waals surface area contributed by atoms with Crippen molar-refractivity contribution in [2.45, 2.75) is 98.4 Å². The number of aromatic nitrogens is 1. The summed E-state index contributed by atoms with van der Waals surface area (Å²) in [6.07, 6.45) is 12.7. The Morgan fingerprint density at radius 3 is 2.05 bits per heavy atom. The fraction of sp³-hybridized carbons (Fsp3) is 0.667. The monoisotopic (exact) mass is 691 g/mol. The third-order valence-corrected chi connectivity index (χ3v) is 10.4. The minimum Gasteiger partial charge on any atom is -0.424 e. The number of thioether (sulfide) groups is 1. The molecule has 1 aliphatic heterocycles. The topological polar surface area (TPSA) is 113 Å². The molecule has 1 aliphatic rings. The molecule has 2 aromatic rings. The number of amides is 1. The van der Waals surface area contributed by atoms with Crippen molar-refractivity contribution in [2.75, 3.05) is 32.1 Å². The van der Waals surface area contributed by atoms with Crippen LogP contribution in [0.3, 0.4) is 0 Å². The summed E-state index contributed by atoms with van der Waals surface area (Å²) in [6, 6.07) is 7.26. The minimum absolute atomic E-state index is 0.0107. The van der Waals surface area contributed by atoms with Crippen molar-refractivity contribution in [1.82, 2.24) is 8.86 Å². The highest BCUT2D eigenvalue weighted by atomic mass is 32.5. The number of hydrogen-bond donors (Lipinski definition) is 0. The van der Waals surface area contributed by atoms with E-state index in [1.807, 2.05) is 21.2 Å². The molecule has 0 spiro atoms. The van der Waals surface area contributed by atoms with Crippen LogP contribution in [0.1, 0.15) is 91.9 Å². The number of benzene rings is 1. The zero-order valence-corrected chi connectivity index (χ0v) is 30.0. The molecule has 1 amide bonds. The Morgan fingerprint density at radius 1 is 0.955 bits per heavy atom. The number of nitrogens with zero attached hydrogens (tertiary/aromatic N) is 3. The third-order valence-electron chi connectivity index (χ3n) is 6.33. The molecule has 1 saturated heterocycles. The van der Waals surface area contributed by atoms with Crippen LogP contribution in [0.5, 0.6) is 5.75 Å². The molecule has 0 radical (unpaired) electrons. The highest BCUT2D eigenvalue weighted by Crippen LogP contribution is 2.49. The summed E-state index contributed by atoms with van der Waals surface area (Å²) in [6.45, 7) is 8.64. The maximum Gasteiger partial charge on any atom is 0.380 e. The van der Waals surface area contributed by atoms with Gasteiger partial charge in [-0.3, -0.25) is 32.7 Å². The molecule has 0 unspecified atom stereocenters. The van der Waals surface area contributed by atoms with Gasteiger partial charge in [-0.1, -0.05) is 82.1 Å². The Hall–Kier alpha value is -1.76. The molecule has 250 valence electrons. The summed E-state index contributed by atoms with van der Waals surface area (Å²) in [7, 11) is 0. The van der Waals surface area contributed by atoms with Gasteiger partial charge in [0.15, 0.2) is 0 Å². The third kappa shape index (κ3) is 17.7. The van der Waals surface area contributed by atoms with E-state index in [0.29, 0.717) is 19.0 Å². The fourth-order valence-electron chi connectivity index (χ4n) is 4.13. The molecule has 0 N–H and O–H groups in total. The highest BCUT2D eigenvalue weighted by Gasteiger charge is 2.21. The van der Waals surface area contributed by atoms with E-state index in [-0.39, 0.29) is 16.5 Å². The first-order valence-corrected chi connectivity index (χ1v) is 20.0. The van der Waals surface area contributed by atoms with Crippen molar-refractivity contribution in [2.24, 2.45) is 0 Å². The second-order valence-corrected chi connectivity index (χ2v) is 14.9. The van der Waals surface area contributed by atoms with Gasteiger partial charge in [-0.05, 0) is 51.0 Å².